The zero-order valence-corrected chi connectivity index (χ0v) is 22.5. The number of nitrogens with one attached hydrogen (secondary N) is 1. The fourth-order valence-electron chi connectivity index (χ4n) is 4.15. The van der Waals surface area contributed by atoms with E-state index in [-0.39, 0.29) is 18.2 Å². The summed E-state index contributed by atoms with van der Waals surface area (Å²) in [5.74, 6) is -0.156. The molecular weight excluding hydrogens is 500 g/mol. The summed E-state index contributed by atoms with van der Waals surface area (Å²) < 4.78 is 0.948. The van der Waals surface area contributed by atoms with E-state index in [1.165, 1.54) is 0 Å². The third kappa shape index (κ3) is 8.07. The van der Waals surface area contributed by atoms with Gasteiger partial charge in [-0.15, -0.1) is 0 Å². The third-order valence-electron chi connectivity index (χ3n) is 6.19. The average molecular weight is 536 g/mol. The Hall–Kier alpha value is -2.92. The second kappa shape index (κ2) is 13.2. The Morgan fingerprint density at radius 2 is 1.69 bits per heavy atom. The van der Waals surface area contributed by atoms with Gasteiger partial charge in [0.2, 0.25) is 11.8 Å². The van der Waals surface area contributed by atoms with Crippen molar-refractivity contribution in [2.75, 3.05) is 6.54 Å². The molecule has 0 aliphatic heterocycles. The Bertz CT molecular complexity index is 1130. The highest BCUT2D eigenvalue weighted by molar-refractivity contribution is 9.10. The normalized spacial score (nSPS) is 11.7. The molecule has 0 aliphatic rings. The van der Waals surface area contributed by atoms with E-state index in [1.54, 1.807) is 4.90 Å². The Kier molecular flexibility index (Phi) is 10.1. The number of amides is 2. The van der Waals surface area contributed by atoms with Crippen LogP contribution in [0, 0.1) is 13.8 Å². The van der Waals surface area contributed by atoms with Gasteiger partial charge in [0.15, 0.2) is 0 Å². The van der Waals surface area contributed by atoms with Crippen LogP contribution >= 0.6 is 15.9 Å². The monoisotopic (exact) mass is 534 g/mol. The molecule has 1 N–H and O–H groups in total. The number of benzene rings is 3. The smallest absolute Gasteiger partial charge is 0.243 e. The van der Waals surface area contributed by atoms with Crippen LogP contribution in [-0.4, -0.2) is 29.3 Å². The van der Waals surface area contributed by atoms with E-state index >= 15 is 0 Å². The Balaban J connectivity index is 1.97. The van der Waals surface area contributed by atoms with Gasteiger partial charge in [0.25, 0.3) is 0 Å². The highest BCUT2D eigenvalue weighted by atomic mass is 79.9. The van der Waals surface area contributed by atoms with Gasteiger partial charge in [-0.05, 0) is 54.7 Å². The van der Waals surface area contributed by atoms with Crippen molar-refractivity contribution < 1.29 is 9.59 Å². The standard InChI is InChI=1S/C30H35BrN2O2/c1-4-5-16-32-30(35)28(19-24-10-7-6-8-11-24)33(21-25-12-9-13-27(31)18-25)29(34)20-26-17-22(2)14-15-23(26)3/h6-15,17-18,28H,4-5,16,19-21H2,1-3H3,(H,32,35)/t28-/m1/s1. The molecule has 0 radical (unpaired) electrons. The summed E-state index contributed by atoms with van der Waals surface area (Å²) in [6, 6.07) is 23.4. The molecule has 4 nitrogen and oxygen atoms in total. The van der Waals surface area contributed by atoms with Crippen molar-refractivity contribution >= 4 is 27.7 Å². The molecule has 0 heterocycles. The van der Waals surface area contributed by atoms with Gasteiger partial charge in [-0.3, -0.25) is 9.59 Å². The van der Waals surface area contributed by atoms with Gasteiger partial charge in [0.05, 0.1) is 6.42 Å². The lowest BCUT2D eigenvalue weighted by atomic mass is 9.99. The molecule has 0 aromatic heterocycles. The lowest BCUT2D eigenvalue weighted by molar-refractivity contribution is -0.140. The van der Waals surface area contributed by atoms with Crippen LogP contribution in [0.1, 0.15) is 47.6 Å². The molecule has 0 bridgehead atoms. The van der Waals surface area contributed by atoms with Gasteiger partial charge in [-0.2, -0.15) is 0 Å². The summed E-state index contributed by atoms with van der Waals surface area (Å²) in [6.07, 6.45) is 2.63. The predicted octanol–water partition coefficient (Wildman–Crippen LogP) is 6.16. The van der Waals surface area contributed by atoms with Crippen molar-refractivity contribution in [2.45, 2.75) is 59.0 Å². The summed E-state index contributed by atoms with van der Waals surface area (Å²) >= 11 is 3.54. The zero-order valence-electron chi connectivity index (χ0n) is 20.9. The van der Waals surface area contributed by atoms with Gasteiger partial charge in [0, 0.05) is 24.0 Å². The van der Waals surface area contributed by atoms with Crippen LogP contribution in [0.15, 0.2) is 77.3 Å². The molecule has 0 fully saturated rings. The first kappa shape index (κ1) is 26.7. The number of carbonyl (C=O) groups excluding carboxylic acids is 2. The summed E-state index contributed by atoms with van der Waals surface area (Å²) in [7, 11) is 0. The van der Waals surface area contributed by atoms with Gasteiger partial charge >= 0.3 is 0 Å². The minimum Gasteiger partial charge on any atom is -0.354 e. The van der Waals surface area contributed by atoms with Crippen molar-refractivity contribution in [2.24, 2.45) is 0 Å². The van der Waals surface area contributed by atoms with Gasteiger partial charge in [0.1, 0.15) is 6.04 Å². The van der Waals surface area contributed by atoms with E-state index in [0.717, 1.165) is 45.1 Å². The molecule has 3 aromatic carbocycles. The molecule has 2 amide bonds. The second-order valence-corrected chi connectivity index (χ2v) is 10.0. The molecule has 3 aromatic rings. The first-order valence-electron chi connectivity index (χ1n) is 12.3. The highest BCUT2D eigenvalue weighted by Crippen LogP contribution is 2.20. The maximum atomic E-state index is 13.9. The van der Waals surface area contributed by atoms with E-state index in [4.69, 9.17) is 0 Å². The quantitative estimate of drug-likeness (QED) is 0.299. The van der Waals surface area contributed by atoms with Crippen LogP contribution < -0.4 is 5.32 Å². The predicted molar refractivity (Wildman–Crippen MR) is 146 cm³/mol. The molecule has 5 heteroatoms. The molecule has 0 unspecified atom stereocenters. The Labute approximate surface area is 217 Å². The summed E-state index contributed by atoms with van der Waals surface area (Å²) in [5.41, 5.74) is 5.21. The van der Waals surface area contributed by atoms with E-state index in [0.29, 0.717) is 19.5 Å². The van der Waals surface area contributed by atoms with Crippen molar-refractivity contribution in [3.63, 3.8) is 0 Å². The maximum absolute atomic E-state index is 13.9. The van der Waals surface area contributed by atoms with E-state index in [1.807, 2.05) is 68.4 Å². The van der Waals surface area contributed by atoms with Gasteiger partial charge < -0.3 is 10.2 Å². The molecular formula is C30H35BrN2O2. The molecule has 35 heavy (non-hydrogen) atoms. The maximum Gasteiger partial charge on any atom is 0.243 e. The topological polar surface area (TPSA) is 49.4 Å². The minimum absolute atomic E-state index is 0.0507. The molecule has 1 atom stereocenters. The molecule has 0 saturated heterocycles. The lowest BCUT2D eigenvalue weighted by Crippen LogP contribution is -2.51. The number of carbonyl (C=O) groups is 2. The van der Waals surface area contributed by atoms with Gasteiger partial charge in [-0.1, -0.05) is 95.5 Å². The number of hydrogen-bond acceptors (Lipinski definition) is 2. The Morgan fingerprint density at radius 3 is 2.40 bits per heavy atom. The van der Waals surface area contributed by atoms with Crippen LogP contribution in [0.2, 0.25) is 0 Å². The second-order valence-electron chi connectivity index (χ2n) is 9.11. The lowest BCUT2D eigenvalue weighted by Gasteiger charge is -2.32. The summed E-state index contributed by atoms with van der Waals surface area (Å²) in [5, 5.41) is 3.08. The van der Waals surface area contributed by atoms with Crippen LogP contribution in [0.4, 0.5) is 0 Å². The van der Waals surface area contributed by atoms with Crippen LogP contribution in [-0.2, 0) is 29.0 Å². The van der Waals surface area contributed by atoms with Crippen molar-refractivity contribution in [3.8, 4) is 0 Å². The summed E-state index contributed by atoms with van der Waals surface area (Å²) in [6.45, 7) is 7.13. The number of aryl methyl sites for hydroxylation is 2. The largest absolute Gasteiger partial charge is 0.354 e. The number of unbranched alkanes of at least 4 members (excludes halogenated alkanes) is 1. The number of nitrogens with zero attached hydrogens (tertiary/aromatic N) is 1. The molecule has 184 valence electrons. The molecule has 0 saturated carbocycles. The number of hydrogen-bond donors (Lipinski definition) is 1. The van der Waals surface area contributed by atoms with Crippen molar-refractivity contribution in [1.29, 1.82) is 0 Å². The minimum atomic E-state index is -0.606. The van der Waals surface area contributed by atoms with Crippen molar-refractivity contribution in [3.05, 3.63) is 105 Å². The van der Waals surface area contributed by atoms with Crippen molar-refractivity contribution in [1.82, 2.24) is 10.2 Å². The number of rotatable bonds is 11. The number of halogens is 1. The van der Waals surface area contributed by atoms with Crippen LogP contribution in [0.5, 0.6) is 0 Å². The van der Waals surface area contributed by atoms with Gasteiger partial charge in [-0.25, -0.2) is 0 Å². The summed E-state index contributed by atoms with van der Waals surface area (Å²) in [4.78, 5) is 29.1. The highest BCUT2D eigenvalue weighted by Gasteiger charge is 2.30. The van der Waals surface area contributed by atoms with E-state index in [2.05, 4.69) is 46.4 Å². The van der Waals surface area contributed by atoms with Crippen LogP contribution in [0.25, 0.3) is 0 Å². The first-order chi connectivity index (χ1) is 16.9. The van der Waals surface area contributed by atoms with Crippen LogP contribution in [0.3, 0.4) is 0 Å². The molecule has 0 aliphatic carbocycles. The molecule has 3 rings (SSSR count). The van der Waals surface area contributed by atoms with E-state index < -0.39 is 6.04 Å². The van der Waals surface area contributed by atoms with E-state index in [9.17, 15) is 9.59 Å². The zero-order chi connectivity index (χ0) is 25.2. The first-order valence-corrected chi connectivity index (χ1v) is 13.1. The molecule has 0 spiro atoms. The third-order valence-corrected chi connectivity index (χ3v) is 6.68. The fourth-order valence-corrected chi connectivity index (χ4v) is 4.59. The fraction of sp³-hybridized carbons (Fsp3) is 0.333. The SMILES string of the molecule is CCCCNC(=O)[C@@H](Cc1ccccc1)N(Cc1cccc(Br)c1)C(=O)Cc1cc(C)ccc1C. The Morgan fingerprint density at radius 1 is 0.943 bits per heavy atom. The average Bonchev–Trinajstić information content (AvgIpc) is 2.84.